The Balaban J connectivity index is 1.24. The fourth-order valence-corrected chi connectivity index (χ4v) is 10.0. The summed E-state index contributed by atoms with van der Waals surface area (Å²) in [5.41, 5.74) is 18.9. The van der Waals surface area contributed by atoms with E-state index in [1.165, 1.54) is 72.0 Å². The van der Waals surface area contributed by atoms with E-state index in [2.05, 4.69) is 211 Å². The Morgan fingerprint density at radius 1 is 0.483 bits per heavy atom. The highest BCUT2D eigenvalue weighted by Crippen LogP contribution is 2.51. The largest absolute Gasteiger partial charge is 0.456 e. The normalized spacial score (nSPS) is 12.8. The first-order valence-electron chi connectivity index (χ1n) is 21.3. The van der Waals surface area contributed by atoms with Gasteiger partial charge in [0.2, 0.25) is 0 Å². The number of hydrogen-bond acceptors (Lipinski definition) is 3. The van der Waals surface area contributed by atoms with Crippen LogP contribution in [0.5, 0.6) is 0 Å². The number of unbranched alkanes of at least 4 members (excludes halogenated alkanes) is 1. The summed E-state index contributed by atoms with van der Waals surface area (Å²) in [6.45, 7) is 2.14. The van der Waals surface area contributed by atoms with E-state index in [0.717, 1.165) is 58.3 Å². The van der Waals surface area contributed by atoms with Crippen molar-refractivity contribution in [2.75, 3.05) is 9.71 Å². The van der Waals surface area contributed by atoms with Crippen molar-refractivity contribution in [2.45, 2.75) is 26.2 Å². The van der Waals surface area contributed by atoms with Crippen molar-refractivity contribution in [2.24, 2.45) is 0 Å². The minimum absolute atomic E-state index is 0.134. The number of rotatable bonds is 7. The van der Waals surface area contributed by atoms with Crippen LogP contribution in [0.4, 0.5) is 28.4 Å². The molecular weight excluding hydrogens is 727 g/mol. The molecule has 0 radical (unpaired) electrons. The first-order valence-corrected chi connectivity index (χ1v) is 21.3. The first kappa shape index (κ1) is 34.7. The van der Waals surface area contributed by atoms with Crippen LogP contribution in [0.25, 0.3) is 66.1 Å². The Hall–Kier alpha value is -7.30. The van der Waals surface area contributed by atoms with Crippen LogP contribution < -0.4 is 20.6 Å². The summed E-state index contributed by atoms with van der Waals surface area (Å²) in [7, 11) is 0. The molecule has 3 heterocycles. The molecule has 60 heavy (non-hydrogen) atoms. The Morgan fingerprint density at radius 2 is 1.18 bits per heavy atom. The van der Waals surface area contributed by atoms with Crippen LogP contribution in [-0.2, 0) is 6.42 Å². The van der Waals surface area contributed by atoms with Crippen molar-refractivity contribution < 1.29 is 4.42 Å². The number of para-hydroxylation sites is 2. The summed E-state index contributed by atoms with van der Waals surface area (Å²) < 4.78 is 6.73. The predicted octanol–water partition coefficient (Wildman–Crippen LogP) is 14.1. The molecule has 0 N–H and O–H groups in total. The van der Waals surface area contributed by atoms with E-state index in [-0.39, 0.29) is 6.85 Å². The first-order chi connectivity index (χ1) is 29.7. The molecule has 10 aromatic rings. The molecule has 0 saturated carbocycles. The lowest BCUT2D eigenvalue weighted by molar-refractivity contribution is 0.669. The van der Waals surface area contributed by atoms with Gasteiger partial charge in [-0.25, -0.2) is 0 Å². The van der Waals surface area contributed by atoms with E-state index in [1.54, 1.807) is 0 Å². The number of nitrogens with zero attached hydrogens (tertiary/aromatic N) is 2. The molecule has 12 rings (SSSR count). The molecule has 3 nitrogen and oxygen atoms in total. The minimum Gasteiger partial charge on any atom is -0.456 e. The van der Waals surface area contributed by atoms with E-state index < -0.39 is 0 Å². The summed E-state index contributed by atoms with van der Waals surface area (Å²) in [4.78, 5) is 5.16. The van der Waals surface area contributed by atoms with E-state index in [9.17, 15) is 0 Å². The molecule has 9 aromatic carbocycles. The lowest BCUT2D eigenvalue weighted by atomic mass is 9.43. The van der Waals surface area contributed by atoms with Gasteiger partial charge in [0.1, 0.15) is 11.2 Å². The highest BCUT2D eigenvalue weighted by Gasteiger charge is 2.46. The van der Waals surface area contributed by atoms with Gasteiger partial charge in [0.05, 0.1) is 5.69 Å². The average Bonchev–Trinajstić information content (AvgIpc) is 3.68. The van der Waals surface area contributed by atoms with Crippen molar-refractivity contribution in [1.82, 2.24) is 0 Å². The highest BCUT2D eigenvalue weighted by molar-refractivity contribution is 6.94. The summed E-state index contributed by atoms with van der Waals surface area (Å²) in [6, 6.07) is 71.6. The maximum Gasteiger partial charge on any atom is 0.333 e. The second-order valence-corrected chi connectivity index (χ2v) is 16.3. The molecule has 2 aliphatic heterocycles. The molecule has 4 heteroatoms. The molecule has 2 aliphatic rings. The molecular formula is C56H41BN2O. The van der Waals surface area contributed by atoms with E-state index in [1.807, 2.05) is 0 Å². The van der Waals surface area contributed by atoms with E-state index in [4.69, 9.17) is 4.42 Å². The van der Waals surface area contributed by atoms with Crippen molar-refractivity contribution in [1.29, 1.82) is 0 Å². The minimum atomic E-state index is -0.134. The molecule has 284 valence electrons. The Morgan fingerprint density at radius 3 is 1.98 bits per heavy atom. The van der Waals surface area contributed by atoms with Gasteiger partial charge < -0.3 is 14.1 Å². The number of furan rings is 1. The Kier molecular flexibility index (Phi) is 8.06. The number of anilines is 5. The van der Waals surface area contributed by atoms with Crippen LogP contribution in [0, 0.1) is 0 Å². The number of benzene rings is 9. The summed E-state index contributed by atoms with van der Waals surface area (Å²) in [5, 5.41) is 4.74. The number of fused-ring (bicyclic) bond motifs is 9. The van der Waals surface area contributed by atoms with Gasteiger partial charge in [0.15, 0.2) is 0 Å². The van der Waals surface area contributed by atoms with Gasteiger partial charge in [-0.2, -0.15) is 0 Å². The molecule has 0 atom stereocenters. The maximum absolute atomic E-state index is 6.73. The fraction of sp³-hybridized carbons (Fsp3) is 0.0714. The molecule has 0 fully saturated rings. The molecule has 0 bridgehead atoms. The summed E-state index contributed by atoms with van der Waals surface area (Å²) >= 11 is 0. The van der Waals surface area contributed by atoms with Crippen LogP contribution in [0.3, 0.4) is 0 Å². The third-order valence-corrected chi connectivity index (χ3v) is 12.8. The lowest BCUT2D eigenvalue weighted by Crippen LogP contribution is -2.61. The quantitative estimate of drug-likeness (QED) is 0.151. The lowest BCUT2D eigenvalue weighted by Gasteiger charge is -2.46. The van der Waals surface area contributed by atoms with Crippen molar-refractivity contribution in [3.63, 3.8) is 0 Å². The molecule has 1 aromatic heterocycles. The maximum atomic E-state index is 6.73. The van der Waals surface area contributed by atoms with Crippen molar-refractivity contribution in [3.05, 3.63) is 200 Å². The van der Waals surface area contributed by atoms with Gasteiger partial charge in [0.25, 0.3) is 0 Å². The second-order valence-electron chi connectivity index (χ2n) is 16.3. The van der Waals surface area contributed by atoms with Gasteiger partial charge in [-0.1, -0.05) is 153 Å². The standard InChI is InChI=1S/C56H41BN2O/c1-2-3-17-37-28-30-49(45(32-37)39-20-9-5-10-21-39)58-51-36-54-46(44-26-15-16-27-53(44)60-54)35-48(51)57-56-52(58)34-41-22-13-14-25-43(41)55(56)47-33-40(38-18-7-4-8-19-38)29-31-50(47)59(57)42-23-11-6-12-24-42/h4-16,18-36H,2-3,17H2,1H3. The van der Waals surface area contributed by atoms with Gasteiger partial charge in [-0.3, -0.25) is 0 Å². The second kappa shape index (κ2) is 13.9. The summed E-state index contributed by atoms with van der Waals surface area (Å²) in [5.74, 6) is 0. The Bertz CT molecular complexity index is 3270. The van der Waals surface area contributed by atoms with Crippen LogP contribution in [-0.4, -0.2) is 6.85 Å². The third-order valence-electron chi connectivity index (χ3n) is 12.8. The van der Waals surface area contributed by atoms with Gasteiger partial charge in [0, 0.05) is 50.7 Å². The van der Waals surface area contributed by atoms with E-state index >= 15 is 0 Å². The fourth-order valence-electron chi connectivity index (χ4n) is 10.0. The van der Waals surface area contributed by atoms with E-state index in [0.29, 0.717) is 0 Å². The molecule has 0 unspecified atom stereocenters. The summed E-state index contributed by atoms with van der Waals surface area (Å²) in [6.07, 6.45) is 3.36. The monoisotopic (exact) mass is 768 g/mol. The van der Waals surface area contributed by atoms with Crippen molar-refractivity contribution >= 4 is 78.9 Å². The number of aryl methyl sites for hydroxylation is 1. The molecule has 0 saturated heterocycles. The van der Waals surface area contributed by atoms with Crippen LogP contribution in [0.15, 0.2) is 199 Å². The van der Waals surface area contributed by atoms with Crippen LogP contribution in [0.2, 0.25) is 0 Å². The highest BCUT2D eigenvalue weighted by atomic mass is 16.3. The predicted molar refractivity (Wildman–Crippen MR) is 254 cm³/mol. The van der Waals surface area contributed by atoms with Crippen LogP contribution >= 0.6 is 0 Å². The molecule has 0 spiro atoms. The Labute approximate surface area is 350 Å². The van der Waals surface area contributed by atoms with Crippen LogP contribution in [0.1, 0.15) is 25.3 Å². The van der Waals surface area contributed by atoms with Gasteiger partial charge in [-0.15, -0.1) is 0 Å². The number of hydrogen-bond donors (Lipinski definition) is 0. The average molecular weight is 769 g/mol. The zero-order valence-corrected chi connectivity index (χ0v) is 33.5. The SMILES string of the molecule is CCCCc1ccc(N2c3cc4oc5ccccc5c4cc3B3c4c2cc2ccccc2c4-c2cc(-c4ccccc4)ccc2N3c2ccccc2)c(-c2ccccc2)c1. The van der Waals surface area contributed by atoms with Crippen molar-refractivity contribution in [3.8, 4) is 33.4 Å². The molecule has 0 amide bonds. The van der Waals surface area contributed by atoms with Gasteiger partial charge >= 0.3 is 6.85 Å². The zero-order valence-electron chi connectivity index (χ0n) is 33.5. The third kappa shape index (κ3) is 5.37. The smallest absolute Gasteiger partial charge is 0.333 e. The topological polar surface area (TPSA) is 19.6 Å². The zero-order chi connectivity index (χ0) is 39.7. The molecule has 0 aliphatic carbocycles. The van der Waals surface area contributed by atoms with Gasteiger partial charge in [-0.05, 0) is 111 Å².